The Balaban J connectivity index is 4.00. The number of methoxy groups -OCH3 is 1. The van der Waals surface area contributed by atoms with Crippen molar-refractivity contribution in [2.75, 3.05) is 33.7 Å². The molecule has 23 heavy (non-hydrogen) atoms. The van der Waals surface area contributed by atoms with Gasteiger partial charge in [-0.05, 0) is 24.6 Å². The number of carbonyl (C=O) groups is 1. The van der Waals surface area contributed by atoms with Crippen LogP contribution in [0.4, 0.5) is 0 Å². The second-order valence-electron chi connectivity index (χ2n) is 7.02. The third kappa shape index (κ3) is 9.37. The highest BCUT2D eigenvalue weighted by Gasteiger charge is 2.36. The van der Waals surface area contributed by atoms with Gasteiger partial charge in [0.2, 0.25) is 0 Å². The first-order valence-corrected chi connectivity index (χ1v) is 11.0. The van der Waals surface area contributed by atoms with E-state index in [9.17, 15) is 4.79 Å². The summed E-state index contributed by atoms with van der Waals surface area (Å²) in [6, 6.07) is 0. The highest BCUT2D eigenvalue weighted by atomic mass is 28.4. The van der Waals surface area contributed by atoms with Crippen molar-refractivity contribution < 1.29 is 23.4 Å². The standard InChI is InChI=1S/C17H34O5Si/c1-8-16(21-14-20-13-12-19-5)15(18)10-9-11-22-23(6,7)17(2,3)4/h8,16H,1,9-14H2,2-7H3/t16-/m0/s1. The summed E-state index contributed by atoms with van der Waals surface area (Å²) < 4.78 is 21.5. The van der Waals surface area contributed by atoms with Gasteiger partial charge in [0.15, 0.2) is 14.1 Å². The van der Waals surface area contributed by atoms with E-state index < -0.39 is 14.4 Å². The first-order chi connectivity index (χ1) is 10.7. The highest BCUT2D eigenvalue weighted by Crippen LogP contribution is 2.36. The van der Waals surface area contributed by atoms with E-state index in [2.05, 4.69) is 40.4 Å². The molecule has 6 heteroatoms. The van der Waals surface area contributed by atoms with Crippen LogP contribution in [-0.4, -0.2) is 53.9 Å². The molecular weight excluding hydrogens is 312 g/mol. The lowest BCUT2D eigenvalue weighted by atomic mass is 10.1. The number of carbonyl (C=O) groups excluding carboxylic acids is 1. The Labute approximate surface area is 142 Å². The maximum atomic E-state index is 12.1. The molecule has 0 aromatic heterocycles. The third-order valence-corrected chi connectivity index (χ3v) is 8.67. The molecule has 136 valence electrons. The van der Waals surface area contributed by atoms with Crippen LogP contribution in [0.3, 0.4) is 0 Å². The Morgan fingerprint density at radius 3 is 2.39 bits per heavy atom. The van der Waals surface area contributed by atoms with Gasteiger partial charge in [-0.25, -0.2) is 0 Å². The Bertz CT molecular complexity index is 349. The van der Waals surface area contributed by atoms with Crippen molar-refractivity contribution in [3.63, 3.8) is 0 Å². The van der Waals surface area contributed by atoms with E-state index in [1.807, 2.05) is 0 Å². The monoisotopic (exact) mass is 346 g/mol. The number of rotatable bonds is 13. The summed E-state index contributed by atoms with van der Waals surface area (Å²) in [5.41, 5.74) is 0. The fraction of sp³-hybridized carbons (Fsp3) is 0.824. The van der Waals surface area contributed by atoms with Crippen LogP contribution < -0.4 is 0 Å². The predicted octanol–water partition coefficient (Wildman–Crippen LogP) is 3.55. The molecule has 0 aliphatic rings. The zero-order valence-electron chi connectivity index (χ0n) is 15.6. The van der Waals surface area contributed by atoms with E-state index in [-0.39, 0.29) is 17.6 Å². The van der Waals surface area contributed by atoms with Crippen LogP contribution >= 0.6 is 0 Å². The fourth-order valence-electron chi connectivity index (χ4n) is 1.55. The summed E-state index contributed by atoms with van der Waals surface area (Å²) >= 11 is 0. The summed E-state index contributed by atoms with van der Waals surface area (Å²) in [7, 11) is -0.137. The Hall–Kier alpha value is -0.533. The molecule has 0 heterocycles. The average Bonchev–Trinajstić information content (AvgIpc) is 2.46. The molecule has 5 nitrogen and oxygen atoms in total. The van der Waals surface area contributed by atoms with Crippen molar-refractivity contribution >= 4 is 14.1 Å². The zero-order valence-corrected chi connectivity index (χ0v) is 16.6. The predicted molar refractivity (Wildman–Crippen MR) is 95.2 cm³/mol. The molecule has 0 aromatic rings. The van der Waals surface area contributed by atoms with Gasteiger partial charge in [-0.15, -0.1) is 6.58 Å². The van der Waals surface area contributed by atoms with Gasteiger partial charge in [-0.1, -0.05) is 26.8 Å². The summed E-state index contributed by atoms with van der Waals surface area (Å²) in [5, 5.41) is 0.184. The molecule has 0 unspecified atom stereocenters. The molecule has 0 saturated heterocycles. The van der Waals surface area contributed by atoms with Crippen molar-refractivity contribution in [1.29, 1.82) is 0 Å². The van der Waals surface area contributed by atoms with Gasteiger partial charge >= 0.3 is 0 Å². The minimum atomic E-state index is -1.74. The molecule has 0 fully saturated rings. The van der Waals surface area contributed by atoms with Gasteiger partial charge in [0.1, 0.15) is 12.9 Å². The number of Topliss-reactive ketones (excluding diaryl/α,β-unsaturated/α-hetero) is 1. The smallest absolute Gasteiger partial charge is 0.191 e. The molecule has 0 amide bonds. The molecular formula is C17H34O5Si. The summed E-state index contributed by atoms with van der Waals surface area (Å²) in [6.45, 7) is 16.3. The highest BCUT2D eigenvalue weighted by molar-refractivity contribution is 6.74. The van der Waals surface area contributed by atoms with Crippen LogP contribution in [0, 0.1) is 0 Å². The van der Waals surface area contributed by atoms with Crippen LogP contribution in [0.1, 0.15) is 33.6 Å². The van der Waals surface area contributed by atoms with Gasteiger partial charge in [0, 0.05) is 20.1 Å². The van der Waals surface area contributed by atoms with Gasteiger partial charge < -0.3 is 18.6 Å². The third-order valence-electron chi connectivity index (χ3n) is 4.13. The Kier molecular flexibility index (Phi) is 10.8. The number of hydrogen-bond acceptors (Lipinski definition) is 5. The van der Waals surface area contributed by atoms with Crippen LogP contribution in [-0.2, 0) is 23.4 Å². The number of ketones is 1. The topological polar surface area (TPSA) is 54.0 Å². The van der Waals surface area contributed by atoms with E-state index in [0.29, 0.717) is 32.7 Å². The SMILES string of the molecule is C=C[C@H](OCOCCOC)C(=O)CCCO[Si](C)(C)C(C)(C)C. The average molecular weight is 347 g/mol. The van der Waals surface area contributed by atoms with Gasteiger partial charge in [0.05, 0.1) is 13.2 Å². The lowest BCUT2D eigenvalue weighted by Gasteiger charge is -2.36. The van der Waals surface area contributed by atoms with Crippen molar-refractivity contribution in [3.8, 4) is 0 Å². The van der Waals surface area contributed by atoms with E-state index in [4.69, 9.17) is 18.6 Å². The van der Waals surface area contributed by atoms with Gasteiger partial charge in [-0.3, -0.25) is 4.79 Å². The molecule has 0 N–H and O–H groups in total. The Morgan fingerprint density at radius 2 is 1.87 bits per heavy atom. The van der Waals surface area contributed by atoms with Crippen LogP contribution in [0.2, 0.25) is 18.1 Å². The summed E-state index contributed by atoms with van der Waals surface area (Å²) in [4.78, 5) is 12.1. The molecule has 0 aromatic carbocycles. The quantitative estimate of drug-likeness (QED) is 0.221. The second kappa shape index (κ2) is 11.1. The van der Waals surface area contributed by atoms with Crippen molar-refractivity contribution in [2.45, 2.75) is 57.8 Å². The second-order valence-corrected chi connectivity index (χ2v) is 11.8. The van der Waals surface area contributed by atoms with Crippen LogP contribution in [0.25, 0.3) is 0 Å². The van der Waals surface area contributed by atoms with E-state index >= 15 is 0 Å². The molecule has 1 atom stereocenters. The number of ether oxygens (including phenoxy) is 3. The molecule has 0 radical (unpaired) electrons. The molecule has 0 saturated carbocycles. The molecule has 0 rings (SSSR count). The first-order valence-electron chi connectivity index (χ1n) is 8.13. The minimum Gasteiger partial charge on any atom is -0.417 e. The summed E-state index contributed by atoms with van der Waals surface area (Å²) in [6.07, 6.45) is 2.01. The summed E-state index contributed by atoms with van der Waals surface area (Å²) in [5.74, 6) is 0.00849. The normalized spacial score (nSPS) is 13.8. The van der Waals surface area contributed by atoms with Crippen molar-refractivity contribution in [2.24, 2.45) is 0 Å². The maximum absolute atomic E-state index is 12.1. The largest absolute Gasteiger partial charge is 0.417 e. The minimum absolute atomic E-state index is 0.00849. The van der Waals surface area contributed by atoms with Crippen molar-refractivity contribution in [1.82, 2.24) is 0 Å². The van der Waals surface area contributed by atoms with E-state index in [0.717, 1.165) is 0 Å². The van der Waals surface area contributed by atoms with Crippen LogP contribution in [0.5, 0.6) is 0 Å². The lowest BCUT2D eigenvalue weighted by Crippen LogP contribution is -2.41. The Morgan fingerprint density at radius 1 is 1.22 bits per heavy atom. The number of hydrogen-bond donors (Lipinski definition) is 0. The molecule has 0 aliphatic heterocycles. The molecule has 0 bridgehead atoms. The van der Waals surface area contributed by atoms with Crippen molar-refractivity contribution in [3.05, 3.63) is 12.7 Å². The lowest BCUT2D eigenvalue weighted by molar-refractivity contribution is -0.138. The fourth-order valence-corrected chi connectivity index (χ4v) is 2.64. The molecule has 0 spiro atoms. The zero-order chi connectivity index (χ0) is 17.9. The van der Waals surface area contributed by atoms with E-state index in [1.165, 1.54) is 6.08 Å². The van der Waals surface area contributed by atoms with Gasteiger partial charge in [-0.2, -0.15) is 0 Å². The first kappa shape index (κ1) is 22.5. The van der Waals surface area contributed by atoms with Gasteiger partial charge in [0.25, 0.3) is 0 Å². The van der Waals surface area contributed by atoms with E-state index in [1.54, 1.807) is 7.11 Å². The molecule has 0 aliphatic carbocycles. The maximum Gasteiger partial charge on any atom is 0.191 e. The van der Waals surface area contributed by atoms with Crippen LogP contribution in [0.15, 0.2) is 12.7 Å².